The molecule has 0 spiro atoms. The number of hydrogen-bond donors (Lipinski definition) is 0. The standard InChI is InChI=1S/C15H11FN4O3S2/c1-25(22,23)8-13(21)11-3-2-4-12(18-11)15-20-19-14(24-15)9-5-10(16)7-17-6-9/h2-7H,8H2,1H3. The predicted octanol–water partition coefficient (Wildman–Crippen LogP) is 2.03. The van der Waals surface area contributed by atoms with E-state index in [1.54, 1.807) is 12.1 Å². The average Bonchev–Trinajstić information content (AvgIpc) is 3.03. The lowest BCUT2D eigenvalue weighted by molar-refractivity contribution is 0.101. The maximum Gasteiger partial charge on any atom is 0.196 e. The van der Waals surface area contributed by atoms with E-state index in [0.717, 1.165) is 23.8 Å². The third-order valence-corrected chi connectivity index (χ3v) is 4.81. The van der Waals surface area contributed by atoms with Gasteiger partial charge in [-0.25, -0.2) is 17.8 Å². The van der Waals surface area contributed by atoms with E-state index in [1.807, 2.05) is 0 Å². The number of carbonyl (C=O) groups excluding carboxylic acids is 1. The predicted molar refractivity (Wildman–Crippen MR) is 90.4 cm³/mol. The molecule has 3 rings (SSSR count). The number of ketones is 1. The van der Waals surface area contributed by atoms with Crippen molar-refractivity contribution in [3.8, 4) is 21.3 Å². The van der Waals surface area contributed by atoms with Crippen LogP contribution in [0, 0.1) is 5.82 Å². The number of rotatable bonds is 5. The molecule has 128 valence electrons. The highest BCUT2D eigenvalue weighted by molar-refractivity contribution is 7.91. The second-order valence-corrected chi connectivity index (χ2v) is 8.32. The van der Waals surface area contributed by atoms with Crippen molar-refractivity contribution >= 4 is 27.0 Å². The van der Waals surface area contributed by atoms with Crippen molar-refractivity contribution < 1.29 is 17.6 Å². The fourth-order valence-electron chi connectivity index (χ4n) is 1.99. The van der Waals surface area contributed by atoms with Gasteiger partial charge in [0.05, 0.1) is 6.20 Å². The smallest absolute Gasteiger partial charge is 0.196 e. The molecule has 0 bridgehead atoms. The van der Waals surface area contributed by atoms with Gasteiger partial charge < -0.3 is 0 Å². The molecule has 7 nitrogen and oxygen atoms in total. The molecule has 0 amide bonds. The first-order chi connectivity index (χ1) is 11.8. The van der Waals surface area contributed by atoms with E-state index >= 15 is 0 Å². The van der Waals surface area contributed by atoms with Crippen LogP contribution in [0.4, 0.5) is 4.39 Å². The van der Waals surface area contributed by atoms with Gasteiger partial charge in [0.25, 0.3) is 0 Å². The Labute approximate surface area is 146 Å². The third kappa shape index (κ3) is 4.28. The molecule has 0 unspecified atom stereocenters. The Morgan fingerprint density at radius 3 is 2.68 bits per heavy atom. The molecule has 10 heteroatoms. The van der Waals surface area contributed by atoms with Gasteiger partial charge in [0.2, 0.25) is 0 Å². The Hall–Kier alpha value is -2.59. The molecule has 0 aliphatic heterocycles. The van der Waals surface area contributed by atoms with E-state index in [1.165, 1.54) is 18.3 Å². The van der Waals surface area contributed by atoms with E-state index in [9.17, 15) is 17.6 Å². The summed E-state index contributed by atoms with van der Waals surface area (Å²) in [6, 6.07) is 5.94. The molecule has 0 N–H and O–H groups in total. The second-order valence-electron chi connectivity index (χ2n) is 5.21. The summed E-state index contributed by atoms with van der Waals surface area (Å²) < 4.78 is 35.8. The molecule has 25 heavy (non-hydrogen) atoms. The molecular weight excluding hydrogens is 367 g/mol. The molecule has 0 aromatic carbocycles. The van der Waals surface area contributed by atoms with Crippen molar-refractivity contribution in [1.29, 1.82) is 0 Å². The quantitative estimate of drug-likeness (QED) is 0.626. The first kappa shape index (κ1) is 17.2. The molecule has 0 saturated carbocycles. The van der Waals surface area contributed by atoms with Gasteiger partial charge in [0.1, 0.15) is 28.0 Å². The fraction of sp³-hybridized carbons (Fsp3) is 0.133. The molecule has 0 atom stereocenters. The van der Waals surface area contributed by atoms with Crippen molar-refractivity contribution in [2.45, 2.75) is 0 Å². The first-order valence-corrected chi connectivity index (χ1v) is 9.82. The van der Waals surface area contributed by atoms with Crippen LogP contribution < -0.4 is 0 Å². The molecule has 0 aliphatic rings. The van der Waals surface area contributed by atoms with Gasteiger partial charge >= 0.3 is 0 Å². The number of sulfone groups is 1. The lowest BCUT2D eigenvalue weighted by Gasteiger charge is -2.01. The van der Waals surface area contributed by atoms with Crippen LogP contribution in [0.3, 0.4) is 0 Å². The summed E-state index contributed by atoms with van der Waals surface area (Å²) >= 11 is 1.16. The molecular formula is C15H11FN4O3S2. The van der Waals surface area contributed by atoms with Gasteiger partial charge in [-0.3, -0.25) is 9.78 Å². The van der Waals surface area contributed by atoms with Crippen molar-refractivity contribution in [1.82, 2.24) is 20.2 Å². The number of nitrogens with zero attached hydrogens (tertiary/aromatic N) is 4. The summed E-state index contributed by atoms with van der Waals surface area (Å²) in [5.41, 5.74) is 0.896. The van der Waals surface area contributed by atoms with Gasteiger partial charge in [0.15, 0.2) is 20.6 Å². The maximum atomic E-state index is 13.3. The average molecular weight is 378 g/mol. The largest absolute Gasteiger partial charge is 0.291 e. The van der Waals surface area contributed by atoms with Crippen LogP contribution in [-0.2, 0) is 9.84 Å². The van der Waals surface area contributed by atoms with Crippen LogP contribution in [-0.4, -0.2) is 46.4 Å². The van der Waals surface area contributed by atoms with Crippen LogP contribution >= 0.6 is 11.3 Å². The molecule has 3 heterocycles. The van der Waals surface area contributed by atoms with Crippen LogP contribution in [0.5, 0.6) is 0 Å². The summed E-state index contributed by atoms with van der Waals surface area (Å²) in [6.45, 7) is 0. The topological polar surface area (TPSA) is 103 Å². The molecule has 3 aromatic heterocycles. The Kier molecular flexibility index (Phi) is 4.64. The summed E-state index contributed by atoms with van der Waals surface area (Å²) in [5, 5.41) is 8.85. The van der Waals surface area contributed by atoms with Crippen molar-refractivity contribution in [2.75, 3.05) is 12.0 Å². The summed E-state index contributed by atoms with van der Waals surface area (Å²) in [5.74, 6) is -1.69. The molecule has 0 saturated heterocycles. The van der Waals surface area contributed by atoms with Crippen LogP contribution in [0.1, 0.15) is 10.5 Å². The van der Waals surface area contributed by atoms with Gasteiger partial charge in [0, 0.05) is 18.0 Å². The second kappa shape index (κ2) is 6.73. The zero-order valence-electron chi connectivity index (χ0n) is 12.9. The number of aromatic nitrogens is 4. The minimum atomic E-state index is -3.44. The number of hydrogen-bond acceptors (Lipinski definition) is 8. The lowest BCUT2D eigenvalue weighted by atomic mass is 10.2. The van der Waals surface area contributed by atoms with Crippen LogP contribution in [0.2, 0.25) is 0 Å². The van der Waals surface area contributed by atoms with Crippen molar-refractivity contribution in [2.24, 2.45) is 0 Å². The molecule has 0 radical (unpaired) electrons. The van der Waals surface area contributed by atoms with E-state index in [2.05, 4.69) is 20.2 Å². The summed E-state index contributed by atoms with van der Waals surface area (Å²) in [6.07, 6.45) is 3.54. The number of pyridine rings is 2. The fourth-order valence-corrected chi connectivity index (χ4v) is 3.41. The maximum absolute atomic E-state index is 13.3. The monoisotopic (exact) mass is 378 g/mol. The zero-order chi connectivity index (χ0) is 18.0. The normalized spacial score (nSPS) is 11.4. The van der Waals surface area contributed by atoms with Crippen molar-refractivity contribution in [3.63, 3.8) is 0 Å². The Balaban J connectivity index is 1.91. The Morgan fingerprint density at radius 2 is 1.96 bits per heavy atom. The van der Waals surface area contributed by atoms with Gasteiger partial charge in [-0.15, -0.1) is 10.2 Å². The highest BCUT2D eigenvalue weighted by Crippen LogP contribution is 2.28. The van der Waals surface area contributed by atoms with E-state index in [-0.39, 0.29) is 5.69 Å². The van der Waals surface area contributed by atoms with Crippen LogP contribution in [0.15, 0.2) is 36.7 Å². The summed E-state index contributed by atoms with van der Waals surface area (Å²) in [4.78, 5) is 19.9. The van der Waals surface area contributed by atoms with Gasteiger partial charge in [-0.05, 0) is 18.2 Å². The van der Waals surface area contributed by atoms with Gasteiger partial charge in [-0.1, -0.05) is 17.4 Å². The lowest BCUT2D eigenvalue weighted by Crippen LogP contribution is -2.15. The van der Waals surface area contributed by atoms with E-state index in [0.29, 0.717) is 21.3 Å². The van der Waals surface area contributed by atoms with E-state index in [4.69, 9.17) is 0 Å². The van der Waals surface area contributed by atoms with E-state index < -0.39 is 27.2 Å². The zero-order valence-corrected chi connectivity index (χ0v) is 14.5. The minimum Gasteiger partial charge on any atom is -0.291 e. The summed E-state index contributed by atoms with van der Waals surface area (Å²) in [7, 11) is -3.44. The first-order valence-electron chi connectivity index (χ1n) is 6.94. The number of carbonyl (C=O) groups is 1. The number of halogens is 1. The van der Waals surface area contributed by atoms with Crippen molar-refractivity contribution in [3.05, 3.63) is 48.2 Å². The van der Waals surface area contributed by atoms with Gasteiger partial charge in [-0.2, -0.15) is 0 Å². The molecule has 0 fully saturated rings. The molecule has 0 aliphatic carbocycles. The highest BCUT2D eigenvalue weighted by Gasteiger charge is 2.17. The Bertz CT molecular complexity index is 1050. The highest BCUT2D eigenvalue weighted by atomic mass is 32.2. The minimum absolute atomic E-state index is 0.0343. The molecule has 3 aromatic rings. The Morgan fingerprint density at radius 1 is 1.20 bits per heavy atom. The SMILES string of the molecule is CS(=O)(=O)CC(=O)c1cccc(-c2nnc(-c3cncc(F)c3)s2)n1. The van der Waals surface area contributed by atoms with Crippen LogP contribution in [0.25, 0.3) is 21.3 Å². The number of Topliss-reactive ketones (excluding diaryl/α,β-unsaturated/α-hetero) is 1. The third-order valence-electron chi connectivity index (χ3n) is 3.02.